The highest BCUT2D eigenvalue weighted by Crippen LogP contribution is 2.07. The van der Waals surface area contributed by atoms with Crippen LogP contribution in [0.4, 0.5) is 0 Å². The fourth-order valence-corrected chi connectivity index (χ4v) is 0.719. The van der Waals surface area contributed by atoms with Gasteiger partial charge in [0, 0.05) is 11.2 Å². The quantitative estimate of drug-likeness (QED) is 0.508. The molecule has 0 heterocycles. The summed E-state index contributed by atoms with van der Waals surface area (Å²) in [6, 6.07) is 0. The van der Waals surface area contributed by atoms with E-state index in [2.05, 4.69) is 10.3 Å². The van der Waals surface area contributed by atoms with Gasteiger partial charge in [-0.25, -0.2) is 0 Å². The average molecular weight is 190 g/mol. The summed E-state index contributed by atoms with van der Waals surface area (Å²) in [4.78, 5) is 4.00. The number of aliphatic imine (C=N–C) groups is 1. The van der Waals surface area contributed by atoms with Gasteiger partial charge in [0.2, 0.25) is 0 Å². The third-order valence-corrected chi connectivity index (χ3v) is 1.79. The van der Waals surface area contributed by atoms with Gasteiger partial charge in [-0.15, -0.1) is 0 Å². The number of nitrogens with one attached hydrogen (secondary N) is 1. The smallest absolute Gasteiger partial charge is 0.150 e. The third kappa shape index (κ3) is 6.34. The van der Waals surface area contributed by atoms with Crippen molar-refractivity contribution in [3.63, 3.8) is 0 Å². The molecule has 0 bridgehead atoms. The minimum atomic E-state index is -0.297. The first kappa shape index (κ1) is 11.6. The van der Waals surface area contributed by atoms with E-state index in [0.29, 0.717) is 0 Å². The van der Waals surface area contributed by atoms with Crippen LogP contribution < -0.4 is 11.1 Å². The maximum Gasteiger partial charge on any atom is 0.150 e. The van der Waals surface area contributed by atoms with Crippen molar-refractivity contribution in [3.8, 4) is 0 Å². The molecule has 0 saturated heterocycles. The summed E-state index contributed by atoms with van der Waals surface area (Å²) in [6.07, 6.45) is 5.03. The molecule has 0 saturated carbocycles. The lowest BCUT2D eigenvalue weighted by atomic mass is 10.3. The van der Waals surface area contributed by atoms with Gasteiger partial charge in [-0.3, -0.25) is 16.0 Å². The molecular formula is C8H16ClN3. The Morgan fingerprint density at radius 2 is 2.42 bits per heavy atom. The normalized spacial score (nSPS) is 15.5. The molecule has 0 aromatic carbocycles. The molecular weight excluding hydrogens is 174 g/mol. The molecule has 0 aromatic heterocycles. The number of nitrogens with zero attached hydrogens (tertiary/aromatic N) is 1. The third-order valence-electron chi connectivity index (χ3n) is 1.39. The molecule has 0 fully saturated rings. The lowest BCUT2D eigenvalue weighted by Crippen LogP contribution is -2.32. The van der Waals surface area contributed by atoms with Crippen molar-refractivity contribution in [1.82, 2.24) is 5.32 Å². The topological polar surface area (TPSA) is 50.4 Å². The van der Waals surface area contributed by atoms with Gasteiger partial charge < -0.3 is 0 Å². The van der Waals surface area contributed by atoms with Crippen LogP contribution in [0, 0.1) is 0 Å². The van der Waals surface area contributed by atoms with Crippen LogP contribution in [0.1, 0.15) is 19.8 Å². The highest BCUT2D eigenvalue weighted by atomic mass is 35.5. The Kier molecular flexibility index (Phi) is 7.05. The molecule has 1 unspecified atom stereocenters. The molecule has 0 radical (unpaired) electrons. The first-order valence-electron chi connectivity index (χ1n) is 3.96. The maximum absolute atomic E-state index is 5.77. The van der Waals surface area contributed by atoms with Crippen LogP contribution in [0.25, 0.3) is 0 Å². The summed E-state index contributed by atoms with van der Waals surface area (Å²) >= 11 is 5.77. The summed E-state index contributed by atoms with van der Waals surface area (Å²) in [5.41, 5.74) is 5.47. The van der Waals surface area contributed by atoms with Crippen LogP contribution in [0.5, 0.6) is 0 Å². The van der Waals surface area contributed by atoms with Gasteiger partial charge >= 0.3 is 0 Å². The lowest BCUT2D eigenvalue weighted by molar-refractivity contribution is 0.614. The molecule has 0 aliphatic heterocycles. The van der Waals surface area contributed by atoms with Crippen molar-refractivity contribution in [1.29, 1.82) is 0 Å². The van der Waals surface area contributed by atoms with E-state index >= 15 is 0 Å². The van der Waals surface area contributed by atoms with Crippen molar-refractivity contribution in [2.75, 3.05) is 7.05 Å². The number of hydrogen-bond acceptors (Lipinski definition) is 3. The molecule has 3 nitrogen and oxygen atoms in total. The molecule has 4 heteroatoms. The first-order valence-corrected chi connectivity index (χ1v) is 4.33. The van der Waals surface area contributed by atoms with Crippen molar-refractivity contribution < 1.29 is 0 Å². The first-order chi connectivity index (χ1) is 5.70. The van der Waals surface area contributed by atoms with Crippen molar-refractivity contribution in [2.45, 2.75) is 26.1 Å². The highest BCUT2D eigenvalue weighted by molar-refractivity contribution is 6.29. The average Bonchev–Trinajstić information content (AvgIpc) is 2.11. The van der Waals surface area contributed by atoms with Crippen LogP contribution in [0.15, 0.2) is 16.1 Å². The molecule has 0 spiro atoms. The number of hydrogen-bond donors (Lipinski definition) is 2. The second kappa shape index (κ2) is 7.28. The van der Waals surface area contributed by atoms with Gasteiger partial charge in [0.15, 0.2) is 0 Å². The van der Waals surface area contributed by atoms with E-state index in [4.69, 9.17) is 17.3 Å². The van der Waals surface area contributed by atoms with Crippen LogP contribution in [0.3, 0.4) is 0 Å². The van der Waals surface area contributed by atoms with Gasteiger partial charge in [-0.1, -0.05) is 17.7 Å². The zero-order valence-corrected chi connectivity index (χ0v) is 8.30. The van der Waals surface area contributed by atoms with Crippen molar-refractivity contribution in [2.24, 2.45) is 10.7 Å². The molecule has 70 valence electrons. The highest BCUT2D eigenvalue weighted by Gasteiger charge is 1.90. The van der Waals surface area contributed by atoms with Crippen LogP contribution in [-0.2, 0) is 0 Å². The van der Waals surface area contributed by atoms with Gasteiger partial charge in [-0.2, -0.15) is 0 Å². The SMILES string of the molecule is CC=C(Cl)CCC=NC(N)NC. The monoisotopic (exact) mass is 189 g/mol. The number of halogens is 1. The van der Waals surface area contributed by atoms with Gasteiger partial charge in [-0.05, 0) is 26.8 Å². The summed E-state index contributed by atoms with van der Waals surface area (Å²) in [5, 5.41) is 3.66. The molecule has 0 aliphatic rings. The summed E-state index contributed by atoms with van der Waals surface area (Å²) < 4.78 is 0. The van der Waals surface area contributed by atoms with Crippen molar-refractivity contribution >= 4 is 17.8 Å². The second-order valence-corrected chi connectivity index (χ2v) is 2.82. The Labute approximate surface area is 78.7 Å². The molecule has 0 aliphatic carbocycles. The second-order valence-electron chi connectivity index (χ2n) is 2.34. The number of allylic oxidation sites excluding steroid dienone is 2. The van der Waals surface area contributed by atoms with E-state index in [0.717, 1.165) is 17.9 Å². The standard InChI is InChI=1S/C8H16ClN3/c1-3-7(9)5-4-6-12-8(10)11-2/h3,6,8,11H,4-5,10H2,1-2H3. The minimum absolute atomic E-state index is 0.297. The van der Waals surface area contributed by atoms with E-state index in [-0.39, 0.29) is 6.29 Å². The van der Waals surface area contributed by atoms with E-state index in [1.807, 2.05) is 13.0 Å². The lowest BCUT2D eigenvalue weighted by Gasteiger charge is -2.01. The number of rotatable bonds is 5. The molecule has 0 aromatic rings. The van der Waals surface area contributed by atoms with Gasteiger partial charge in [0.05, 0.1) is 0 Å². The molecule has 3 N–H and O–H groups in total. The van der Waals surface area contributed by atoms with E-state index in [1.54, 1.807) is 13.3 Å². The Morgan fingerprint density at radius 3 is 2.92 bits per heavy atom. The van der Waals surface area contributed by atoms with Crippen LogP contribution >= 0.6 is 11.6 Å². The summed E-state index contributed by atoms with van der Waals surface area (Å²) in [6.45, 7) is 1.92. The summed E-state index contributed by atoms with van der Waals surface area (Å²) in [5.74, 6) is 0. The molecule has 12 heavy (non-hydrogen) atoms. The summed E-state index contributed by atoms with van der Waals surface area (Å²) in [7, 11) is 1.76. The van der Waals surface area contributed by atoms with E-state index in [1.165, 1.54) is 0 Å². The Balaban J connectivity index is 3.49. The van der Waals surface area contributed by atoms with Gasteiger partial charge in [0.25, 0.3) is 0 Å². The molecule has 0 amide bonds. The zero-order valence-electron chi connectivity index (χ0n) is 7.55. The zero-order chi connectivity index (χ0) is 9.40. The molecule has 0 rings (SSSR count). The predicted molar refractivity (Wildman–Crippen MR) is 54.4 cm³/mol. The Bertz CT molecular complexity index is 166. The van der Waals surface area contributed by atoms with E-state index < -0.39 is 0 Å². The predicted octanol–water partition coefficient (Wildman–Crippen LogP) is 1.44. The minimum Gasteiger partial charge on any atom is -0.297 e. The van der Waals surface area contributed by atoms with Crippen molar-refractivity contribution in [3.05, 3.63) is 11.1 Å². The maximum atomic E-state index is 5.77. The van der Waals surface area contributed by atoms with E-state index in [9.17, 15) is 0 Å². The fraction of sp³-hybridized carbons (Fsp3) is 0.625. The fourth-order valence-electron chi connectivity index (χ4n) is 0.609. The largest absolute Gasteiger partial charge is 0.297 e. The number of nitrogens with two attached hydrogens (primary N) is 1. The Hall–Kier alpha value is -0.380. The van der Waals surface area contributed by atoms with Crippen LogP contribution in [-0.4, -0.2) is 19.6 Å². The van der Waals surface area contributed by atoms with Gasteiger partial charge in [0.1, 0.15) is 6.29 Å². The molecule has 1 atom stereocenters. The van der Waals surface area contributed by atoms with Crippen LogP contribution in [0.2, 0.25) is 0 Å². The Morgan fingerprint density at radius 1 is 1.75 bits per heavy atom.